The zero-order chi connectivity index (χ0) is 12.3. The number of hydrogen-bond acceptors (Lipinski definition) is 4. The summed E-state index contributed by atoms with van der Waals surface area (Å²) in [7, 11) is 2.13. The van der Waals surface area contributed by atoms with Gasteiger partial charge >= 0.3 is 0 Å². The second-order valence-corrected chi connectivity index (χ2v) is 4.68. The quantitative estimate of drug-likeness (QED) is 0.742. The lowest BCUT2D eigenvalue weighted by Gasteiger charge is -2.30. The number of hydrogen-bond donors (Lipinski definition) is 3. The molecule has 0 aliphatic carbocycles. The SMILES string of the molecule is CN1CCC(Nc2cccc(O)c2CO)CC1. The minimum atomic E-state index is -0.137. The highest BCUT2D eigenvalue weighted by Gasteiger charge is 2.17. The van der Waals surface area contributed by atoms with E-state index in [-0.39, 0.29) is 12.4 Å². The van der Waals surface area contributed by atoms with Gasteiger partial charge in [0.2, 0.25) is 0 Å². The van der Waals surface area contributed by atoms with Crippen LogP contribution in [0.4, 0.5) is 5.69 Å². The van der Waals surface area contributed by atoms with Crippen LogP contribution in [0.1, 0.15) is 18.4 Å². The maximum Gasteiger partial charge on any atom is 0.123 e. The van der Waals surface area contributed by atoms with E-state index in [2.05, 4.69) is 17.3 Å². The summed E-state index contributed by atoms with van der Waals surface area (Å²) < 4.78 is 0. The van der Waals surface area contributed by atoms with Gasteiger partial charge in [-0.05, 0) is 45.1 Å². The van der Waals surface area contributed by atoms with Gasteiger partial charge in [-0.25, -0.2) is 0 Å². The van der Waals surface area contributed by atoms with Crippen molar-refractivity contribution in [3.63, 3.8) is 0 Å². The molecule has 3 N–H and O–H groups in total. The molecule has 0 aromatic heterocycles. The Hall–Kier alpha value is -1.26. The smallest absolute Gasteiger partial charge is 0.123 e. The first kappa shape index (κ1) is 12.2. The highest BCUT2D eigenvalue weighted by Crippen LogP contribution is 2.27. The molecule has 0 saturated carbocycles. The number of aliphatic hydroxyl groups is 1. The molecule has 1 aliphatic heterocycles. The first-order chi connectivity index (χ1) is 8.20. The zero-order valence-corrected chi connectivity index (χ0v) is 10.2. The largest absolute Gasteiger partial charge is 0.508 e. The van der Waals surface area contributed by atoms with E-state index in [4.69, 9.17) is 0 Å². The second kappa shape index (κ2) is 5.38. The third-order valence-corrected chi connectivity index (χ3v) is 3.39. The fourth-order valence-electron chi connectivity index (χ4n) is 2.25. The number of anilines is 1. The van der Waals surface area contributed by atoms with Crippen LogP contribution in [-0.4, -0.2) is 41.3 Å². The van der Waals surface area contributed by atoms with Crippen molar-refractivity contribution in [1.29, 1.82) is 0 Å². The number of nitrogens with one attached hydrogen (secondary N) is 1. The van der Waals surface area contributed by atoms with Gasteiger partial charge < -0.3 is 20.4 Å². The summed E-state index contributed by atoms with van der Waals surface area (Å²) in [6, 6.07) is 5.74. The van der Waals surface area contributed by atoms with Gasteiger partial charge in [0.05, 0.1) is 6.61 Å². The number of benzene rings is 1. The van der Waals surface area contributed by atoms with Crippen molar-refractivity contribution in [2.24, 2.45) is 0 Å². The molecule has 0 unspecified atom stereocenters. The van der Waals surface area contributed by atoms with Gasteiger partial charge in [-0.1, -0.05) is 6.07 Å². The molecule has 0 bridgehead atoms. The molecule has 0 radical (unpaired) electrons. The summed E-state index contributed by atoms with van der Waals surface area (Å²) in [5, 5.41) is 22.3. The summed E-state index contributed by atoms with van der Waals surface area (Å²) in [5.41, 5.74) is 1.44. The van der Waals surface area contributed by atoms with Crippen LogP contribution in [-0.2, 0) is 6.61 Å². The maximum absolute atomic E-state index is 9.65. The van der Waals surface area contributed by atoms with Crippen molar-refractivity contribution in [1.82, 2.24) is 4.90 Å². The van der Waals surface area contributed by atoms with Gasteiger partial charge in [-0.15, -0.1) is 0 Å². The average molecular weight is 236 g/mol. The normalized spacial score (nSPS) is 18.2. The van der Waals surface area contributed by atoms with Crippen molar-refractivity contribution in [2.75, 3.05) is 25.5 Å². The van der Waals surface area contributed by atoms with Gasteiger partial charge in [0.15, 0.2) is 0 Å². The average Bonchev–Trinajstić information content (AvgIpc) is 2.32. The van der Waals surface area contributed by atoms with E-state index in [0.717, 1.165) is 31.6 Å². The summed E-state index contributed by atoms with van der Waals surface area (Å²) in [6.45, 7) is 2.04. The van der Waals surface area contributed by atoms with E-state index in [0.29, 0.717) is 11.6 Å². The van der Waals surface area contributed by atoms with E-state index >= 15 is 0 Å². The molecular formula is C13H20N2O2. The molecule has 1 aromatic rings. The van der Waals surface area contributed by atoms with E-state index in [1.54, 1.807) is 12.1 Å². The Balaban J connectivity index is 2.05. The minimum Gasteiger partial charge on any atom is -0.508 e. The fourth-order valence-corrected chi connectivity index (χ4v) is 2.25. The predicted molar refractivity (Wildman–Crippen MR) is 68.2 cm³/mol. The number of likely N-dealkylation sites (tertiary alicyclic amines) is 1. The summed E-state index contributed by atoms with van der Waals surface area (Å²) in [6.07, 6.45) is 2.19. The highest BCUT2D eigenvalue weighted by molar-refractivity contribution is 5.57. The van der Waals surface area contributed by atoms with Gasteiger partial charge in [0, 0.05) is 17.3 Å². The van der Waals surface area contributed by atoms with Crippen molar-refractivity contribution in [3.8, 4) is 5.75 Å². The van der Waals surface area contributed by atoms with Gasteiger partial charge in [0.1, 0.15) is 5.75 Å². The predicted octanol–water partition coefficient (Wildman–Crippen LogP) is 1.39. The second-order valence-electron chi connectivity index (χ2n) is 4.68. The number of aliphatic hydroxyl groups excluding tert-OH is 1. The van der Waals surface area contributed by atoms with E-state index in [1.807, 2.05) is 6.07 Å². The molecule has 94 valence electrons. The van der Waals surface area contributed by atoms with Crippen LogP contribution in [0.25, 0.3) is 0 Å². The molecular weight excluding hydrogens is 216 g/mol. The van der Waals surface area contributed by atoms with Crippen LogP contribution in [0.5, 0.6) is 5.75 Å². The number of piperidine rings is 1. The molecule has 4 nitrogen and oxygen atoms in total. The number of phenols is 1. The van der Waals surface area contributed by atoms with Gasteiger partial charge in [0.25, 0.3) is 0 Å². The van der Waals surface area contributed by atoms with Crippen LogP contribution in [0.2, 0.25) is 0 Å². The Labute approximate surface area is 102 Å². The number of rotatable bonds is 3. The molecule has 0 atom stereocenters. The summed E-state index contributed by atoms with van der Waals surface area (Å²) in [4.78, 5) is 2.31. The van der Waals surface area contributed by atoms with Crippen LogP contribution >= 0.6 is 0 Å². The van der Waals surface area contributed by atoms with Crippen LogP contribution in [0.15, 0.2) is 18.2 Å². The Kier molecular flexibility index (Phi) is 3.86. The molecule has 17 heavy (non-hydrogen) atoms. The van der Waals surface area contributed by atoms with Crippen LogP contribution < -0.4 is 5.32 Å². The fraction of sp³-hybridized carbons (Fsp3) is 0.538. The van der Waals surface area contributed by atoms with Crippen molar-refractivity contribution in [3.05, 3.63) is 23.8 Å². The Morgan fingerprint density at radius 2 is 2.06 bits per heavy atom. The topological polar surface area (TPSA) is 55.7 Å². The standard InChI is InChI=1S/C13H20N2O2/c1-15-7-5-10(6-8-15)14-12-3-2-4-13(17)11(12)9-16/h2-4,10,14,16-17H,5-9H2,1H3. The zero-order valence-electron chi connectivity index (χ0n) is 10.2. The van der Waals surface area contributed by atoms with Crippen molar-refractivity contribution < 1.29 is 10.2 Å². The number of aromatic hydroxyl groups is 1. The first-order valence-corrected chi connectivity index (χ1v) is 6.07. The summed E-state index contributed by atoms with van der Waals surface area (Å²) >= 11 is 0. The molecule has 0 amide bonds. The Morgan fingerprint density at radius 3 is 2.71 bits per heavy atom. The number of nitrogens with zero attached hydrogens (tertiary/aromatic N) is 1. The van der Waals surface area contributed by atoms with Gasteiger partial charge in [-0.2, -0.15) is 0 Å². The molecule has 4 heteroatoms. The lowest BCUT2D eigenvalue weighted by atomic mass is 10.0. The molecule has 1 heterocycles. The Bertz CT molecular complexity index is 374. The molecule has 1 fully saturated rings. The molecule has 0 spiro atoms. The molecule has 2 rings (SSSR count). The highest BCUT2D eigenvalue weighted by atomic mass is 16.3. The lowest BCUT2D eigenvalue weighted by molar-refractivity contribution is 0.262. The van der Waals surface area contributed by atoms with Crippen molar-refractivity contribution in [2.45, 2.75) is 25.5 Å². The van der Waals surface area contributed by atoms with Gasteiger partial charge in [-0.3, -0.25) is 0 Å². The van der Waals surface area contributed by atoms with Crippen molar-refractivity contribution >= 4 is 5.69 Å². The third kappa shape index (κ3) is 2.90. The van der Waals surface area contributed by atoms with Crippen LogP contribution in [0, 0.1) is 0 Å². The van der Waals surface area contributed by atoms with Crippen LogP contribution in [0.3, 0.4) is 0 Å². The third-order valence-electron chi connectivity index (χ3n) is 3.39. The van der Waals surface area contributed by atoms with E-state index in [1.165, 1.54) is 0 Å². The lowest BCUT2D eigenvalue weighted by Crippen LogP contribution is -2.36. The van der Waals surface area contributed by atoms with E-state index in [9.17, 15) is 10.2 Å². The summed E-state index contributed by atoms with van der Waals surface area (Å²) in [5.74, 6) is 0.158. The molecule has 1 aliphatic rings. The minimum absolute atomic E-state index is 0.137. The first-order valence-electron chi connectivity index (χ1n) is 6.07. The monoisotopic (exact) mass is 236 g/mol. The Morgan fingerprint density at radius 1 is 1.35 bits per heavy atom. The molecule has 1 aromatic carbocycles. The maximum atomic E-state index is 9.65. The van der Waals surface area contributed by atoms with E-state index < -0.39 is 0 Å². The molecule has 1 saturated heterocycles.